The lowest BCUT2D eigenvalue weighted by molar-refractivity contribution is 0.129. The molecule has 1 aliphatic heterocycles. The molecule has 0 aliphatic carbocycles. The molecule has 1 aliphatic rings. The monoisotopic (exact) mass is 237 g/mol. The Morgan fingerprint density at radius 1 is 1.35 bits per heavy atom. The molecule has 1 heterocycles. The minimum absolute atomic E-state index is 0.518. The SMILES string of the molecule is CCC(N)(C#N)CCCN1CCC(C)(C)CC1. The lowest BCUT2D eigenvalue weighted by Crippen LogP contribution is -2.40. The number of likely N-dealkylation sites (tertiary alicyclic amines) is 1. The summed E-state index contributed by atoms with van der Waals surface area (Å²) in [4.78, 5) is 2.51. The summed E-state index contributed by atoms with van der Waals surface area (Å²) in [6.07, 6.45) is 5.17. The van der Waals surface area contributed by atoms with E-state index in [1.54, 1.807) is 0 Å². The number of nitriles is 1. The highest BCUT2D eigenvalue weighted by atomic mass is 15.1. The van der Waals surface area contributed by atoms with Crippen molar-refractivity contribution in [3.05, 3.63) is 0 Å². The zero-order valence-corrected chi connectivity index (χ0v) is 11.6. The van der Waals surface area contributed by atoms with Crippen molar-refractivity contribution < 1.29 is 0 Å². The zero-order chi connectivity index (χ0) is 12.9. The quantitative estimate of drug-likeness (QED) is 0.799. The van der Waals surface area contributed by atoms with Crippen molar-refractivity contribution in [2.75, 3.05) is 19.6 Å². The first-order valence-corrected chi connectivity index (χ1v) is 6.83. The van der Waals surface area contributed by atoms with E-state index >= 15 is 0 Å². The topological polar surface area (TPSA) is 53.1 Å². The fraction of sp³-hybridized carbons (Fsp3) is 0.929. The van der Waals surface area contributed by atoms with Crippen LogP contribution in [-0.2, 0) is 0 Å². The Kier molecular flexibility index (Phi) is 4.97. The first-order valence-electron chi connectivity index (χ1n) is 6.83. The summed E-state index contributed by atoms with van der Waals surface area (Å²) >= 11 is 0. The third-order valence-electron chi connectivity index (χ3n) is 4.16. The van der Waals surface area contributed by atoms with Gasteiger partial charge in [-0.1, -0.05) is 20.8 Å². The second-order valence-electron chi connectivity index (χ2n) is 6.23. The molecule has 1 rings (SSSR count). The average molecular weight is 237 g/mol. The molecule has 1 fully saturated rings. The van der Waals surface area contributed by atoms with Gasteiger partial charge in [0.2, 0.25) is 0 Å². The third kappa shape index (κ3) is 4.65. The summed E-state index contributed by atoms with van der Waals surface area (Å²) < 4.78 is 0. The Morgan fingerprint density at radius 3 is 2.41 bits per heavy atom. The standard InChI is InChI=1S/C14H27N3/c1-4-14(16,12-15)6-5-9-17-10-7-13(2,3)8-11-17/h4-11,16H2,1-3H3. The molecule has 0 aromatic rings. The number of piperidine rings is 1. The predicted octanol–water partition coefficient (Wildman–Crippen LogP) is 2.52. The van der Waals surface area contributed by atoms with E-state index in [1.807, 2.05) is 6.92 Å². The van der Waals surface area contributed by atoms with Gasteiger partial charge in [-0.15, -0.1) is 0 Å². The van der Waals surface area contributed by atoms with Crippen LogP contribution in [0.25, 0.3) is 0 Å². The van der Waals surface area contributed by atoms with E-state index in [2.05, 4.69) is 24.8 Å². The second kappa shape index (κ2) is 5.84. The molecular weight excluding hydrogens is 210 g/mol. The maximum Gasteiger partial charge on any atom is 0.104 e. The van der Waals surface area contributed by atoms with E-state index in [9.17, 15) is 0 Å². The van der Waals surface area contributed by atoms with Crippen molar-refractivity contribution in [1.29, 1.82) is 5.26 Å². The van der Waals surface area contributed by atoms with Crippen LogP contribution in [0.5, 0.6) is 0 Å². The van der Waals surface area contributed by atoms with Gasteiger partial charge in [0, 0.05) is 0 Å². The summed E-state index contributed by atoms with van der Waals surface area (Å²) in [7, 11) is 0. The van der Waals surface area contributed by atoms with Crippen LogP contribution in [0.4, 0.5) is 0 Å². The Morgan fingerprint density at radius 2 is 1.94 bits per heavy atom. The van der Waals surface area contributed by atoms with Crippen LogP contribution in [-0.4, -0.2) is 30.1 Å². The van der Waals surface area contributed by atoms with E-state index in [1.165, 1.54) is 25.9 Å². The van der Waals surface area contributed by atoms with Crippen LogP contribution in [0.3, 0.4) is 0 Å². The van der Waals surface area contributed by atoms with Crippen LogP contribution >= 0.6 is 0 Å². The molecule has 17 heavy (non-hydrogen) atoms. The van der Waals surface area contributed by atoms with Gasteiger partial charge in [0.25, 0.3) is 0 Å². The molecule has 0 radical (unpaired) electrons. The Hall–Kier alpha value is -0.590. The van der Waals surface area contributed by atoms with Crippen molar-refractivity contribution in [3.8, 4) is 6.07 Å². The first kappa shape index (κ1) is 14.5. The highest BCUT2D eigenvalue weighted by Crippen LogP contribution is 2.29. The molecule has 0 aromatic heterocycles. The van der Waals surface area contributed by atoms with Gasteiger partial charge in [-0.3, -0.25) is 0 Å². The number of hydrogen-bond acceptors (Lipinski definition) is 3. The van der Waals surface area contributed by atoms with E-state index in [0.717, 1.165) is 25.8 Å². The lowest BCUT2D eigenvalue weighted by atomic mass is 9.82. The smallest absolute Gasteiger partial charge is 0.104 e. The summed E-state index contributed by atoms with van der Waals surface area (Å²) in [5.74, 6) is 0. The molecular formula is C14H27N3. The van der Waals surface area contributed by atoms with Gasteiger partial charge < -0.3 is 10.6 Å². The number of rotatable bonds is 5. The van der Waals surface area contributed by atoms with E-state index in [4.69, 9.17) is 11.0 Å². The average Bonchev–Trinajstić information content (AvgIpc) is 2.31. The Balaban J connectivity index is 2.23. The molecule has 0 spiro atoms. The van der Waals surface area contributed by atoms with Crippen LogP contribution in [0, 0.1) is 16.7 Å². The van der Waals surface area contributed by atoms with Gasteiger partial charge in [-0.2, -0.15) is 5.26 Å². The van der Waals surface area contributed by atoms with Gasteiger partial charge in [0.1, 0.15) is 5.54 Å². The fourth-order valence-corrected chi connectivity index (χ4v) is 2.31. The minimum atomic E-state index is -0.602. The van der Waals surface area contributed by atoms with Gasteiger partial charge >= 0.3 is 0 Å². The van der Waals surface area contributed by atoms with Gasteiger partial charge in [-0.05, 0) is 57.2 Å². The van der Waals surface area contributed by atoms with Crippen LogP contribution < -0.4 is 5.73 Å². The molecule has 1 saturated heterocycles. The third-order valence-corrected chi connectivity index (χ3v) is 4.16. The van der Waals surface area contributed by atoms with E-state index < -0.39 is 5.54 Å². The van der Waals surface area contributed by atoms with Crippen molar-refractivity contribution in [1.82, 2.24) is 4.90 Å². The molecule has 1 unspecified atom stereocenters. The molecule has 1 atom stereocenters. The normalized spacial score (nSPS) is 23.9. The predicted molar refractivity (Wildman–Crippen MR) is 71.5 cm³/mol. The maximum atomic E-state index is 9.00. The van der Waals surface area contributed by atoms with Crippen molar-refractivity contribution in [3.63, 3.8) is 0 Å². The largest absolute Gasteiger partial charge is 0.313 e. The number of nitrogens with two attached hydrogens (primary N) is 1. The maximum absolute atomic E-state index is 9.00. The fourth-order valence-electron chi connectivity index (χ4n) is 2.31. The van der Waals surface area contributed by atoms with Crippen LogP contribution in [0.15, 0.2) is 0 Å². The van der Waals surface area contributed by atoms with Crippen molar-refractivity contribution in [2.45, 2.75) is 58.4 Å². The van der Waals surface area contributed by atoms with Gasteiger partial charge in [0.05, 0.1) is 6.07 Å². The summed E-state index contributed by atoms with van der Waals surface area (Å²) in [6, 6.07) is 2.24. The molecule has 2 N–H and O–H groups in total. The molecule has 3 heteroatoms. The number of nitrogens with zero attached hydrogens (tertiary/aromatic N) is 2. The van der Waals surface area contributed by atoms with Crippen LogP contribution in [0.2, 0.25) is 0 Å². The molecule has 0 aromatic carbocycles. The lowest BCUT2D eigenvalue weighted by Gasteiger charge is -2.37. The summed E-state index contributed by atoms with van der Waals surface area (Å²) in [5.41, 5.74) is 5.89. The minimum Gasteiger partial charge on any atom is -0.313 e. The number of hydrogen-bond donors (Lipinski definition) is 1. The molecule has 3 nitrogen and oxygen atoms in total. The Bertz CT molecular complexity index is 270. The molecule has 98 valence electrons. The van der Waals surface area contributed by atoms with Gasteiger partial charge in [0.15, 0.2) is 0 Å². The molecule has 0 bridgehead atoms. The first-order chi connectivity index (χ1) is 7.91. The zero-order valence-electron chi connectivity index (χ0n) is 11.6. The summed E-state index contributed by atoms with van der Waals surface area (Å²) in [6.45, 7) is 10.2. The van der Waals surface area contributed by atoms with Crippen LogP contribution in [0.1, 0.15) is 52.9 Å². The van der Waals surface area contributed by atoms with E-state index in [-0.39, 0.29) is 0 Å². The van der Waals surface area contributed by atoms with E-state index in [0.29, 0.717) is 5.41 Å². The van der Waals surface area contributed by atoms with Gasteiger partial charge in [-0.25, -0.2) is 0 Å². The Labute approximate surface area is 106 Å². The van der Waals surface area contributed by atoms with Crippen molar-refractivity contribution in [2.24, 2.45) is 11.1 Å². The summed E-state index contributed by atoms with van der Waals surface area (Å²) in [5, 5.41) is 9.00. The second-order valence-corrected chi connectivity index (χ2v) is 6.23. The highest BCUT2D eigenvalue weighted by Gasteiger charge is 2.26. The highest BCUT2D eigenvalue weighted by molar-refractivity contribution is 5.03. The molecule has 0 saturated carbocycles. The van der Waals surface area contributed by atoms with Crippen molar-refractivity contribution >= 4 is 0 Å². The molecule has 0 amide bonds.